The second kappa shape index (κ2) is 9.50. The normalized spacial score (nSPS) is 10.1. The number of ether oxygens (including phenoxy) is 4. The third-order valence-electron chi connectivity index (χ3n) is 4.06. The summed E-state index contributed by atoms with van der Waals surface area (Å²) in [4.78, 5) is 24.0. The lowest BCUT2D eigenvalue weighted by Crippen LogP contribution is -2.28. The Balaban J connectivity index is 1.93. The monoisotopic (exact) mass is 388 g/mol. The zero-order valence-corrected chi connectivity index (χ0v) is 16.3. The molecular weight excluding hydrogens is 364 g/mol. The van der Waals surface area contributed by atoms with Gasteiger partial charge in [0.15, 0.2) is 18.1 Å². The fourth-order valence-corrected chi connectivity index (χ4v) is 2.47. The minimum absolute atomic E-state index is 0.199. The lowest BCUT2D eigenvalue weighted by atomic mass is 10.1. The largest absolute Gasteiger partial charge is 0.493 e. The van der Waals surface area contributed by atoms with E-state index in [0.717, 1.165) is 11.1 Å². The molecule has 0 atom stereocenters. The number of benzene rings is 2. The number of hydrogen-bond donors (Lipinski definition) is 2. The highest BCUT2D eigenvalue weighted by atomic mass is 16.5. The topological polar surface area (TPSA) is 109 Å². The van der Waals surface area contributed by atoms with Crippen LogP contribution in [0.3, 0.4) is 0 Å². The summed E-state index contributed by atoms with van der Waals surface area (Å²) in [5.41, 5.74) is 8.15. The molecule has 0 aromatic heterocycles. The fourth-order valence-electron chi connectivity index (χ4n) is 2.47. The second-order valence-electron chi connectivity index (χ2n) is 5.96. The van der Waals surface area contributed by atoms with Crippen molar-refractivity contribution in [3.05, 3.63) is 47.0 Å². The van der Waals surface area contributed by atoms with Gasteiger partial charge in [-0.15, -0.1) is 0 Å². The number of nitrogens with two attached hydrogens (primary N) is 1. The van der Waals surface area contributed by atoms with Gasteiger partial charge in [-0.2, -0.15) is 0 Å². The number of carbonyl (C=O) groups excluding carboxylic acids is 2. The average Bonchev–Trinajstić information content (AvgIpc) is 2.71. The molecule has 0 saturated heterocycles. The van der Waals surface area contributed by atoms with Gasteiger partial charge >= 0.3 is 5.97 Å². The van der Waals surface area contributed by atoms with Crippen LogP contribution >= 0.6 is 0 Å². The van der Waals surface area contributed by atoms with Gasteiger partial charge in [0.25, 0.3) is 5.91 Å². The molecule has 0 spiro atoms. The molecular formula is C20H24N2O6. The van der Waals surface area contributed by atoms with Gasteiger partial charge in [0.1, 0.15) is 0 Å². The van der Waals surface area contributed by atoms with Crippen LogP contribution in [0.2, 0.25) is 0 Å². The van der Waals surface area contributed by atoms with Crippen molar-refractivity contribution in [2.24, 2.45) is 0 Å². The first-order valence-corrected chi connectivity index (χ1v) is 8.48. The van der Waals surface area contributed by atoms with Gasteiger partial charge in [0, 0.05) is 12.2 Å². The molecule has 2 aromatic carbocycles. The minimum Gasteiger partial charge on any atom is -0.493 e. The van der Waals surface area contributed by atoms with E-state index in [1.807, 2.05) is 6.92 Å². The molecule has 0 saturated carbocycles. The van der Waals surface area contributed by atoms with Crippen LogP contribution < -0.4 is 25.3 Å². The number of hydrogen-bond acceptors (Lipinski definition) is 7. The number of carbonyl (C=O) groups is 2. The Morgan fingerprint density at radius 2 is 1.64 bits per heavy atom. The molecule has 2 aromatic rings. The van der Waals surface area contributed by atoms with Crippen LogP contribution in [0.25, 0.3) is 0 Å². The Bertz CT molecular complexity index is 841. The summed E-state index contributed by atoms with van der Waals surface area (Å²) in [6.07, 6.45) is 0. The molecule has 150 valence electrons. The standard InChI is InChI=1S/C20H24N2O6/c1-12-5-6-14(9-15(12)21)20(24)28-11-18(23)22-10-13-7-16(25-2)19(27-4)17(8-13)26-3/h5-9H,10-11,21H2,1-4H3,(H,22,23). The number of aryl methyl sites for hydroxylation is 1. The first-order valence-electron chi connectivity index (χ1n) is 8.48. The van der Waals surface area contributed by atoms with Gasteiger partial charge in [0.2, 0.25) is 5.75 Å². The van der Waals surface area contributed by atoms with Crippen molar-refractivity contribution in [2.75, 3.05) is 33.7 Å². The molecule has 0 aliphatic heterocycles. The molecule has 1 amide bonds. The van der Waals surface area contributed by atoms with Crippen molar-refractivity contribution in [3.63, 3.8) is 0 Å². The van der Waals surface area contributed by atoms with Crippen LogP contribution in [0.4, 0.5) is 5.69 Å². The SMILES string of the molecule is COc1cc(CNC(=O)COC(=O)c2ccc(C)c(N)c2)cc(OC)c1OC. The molecule has 0 aliphatic rings. The highest BCUT2D eigenvalue weighted by Gasteiger charge is 2.15. The second-order valence-corrected chi connectivity index (χ2v) is 5.96. The van der Waals surface area contributed by atoms with Crippen LogP contribution in [0.15, 0.2) is 30.3 Å². The molecule has 8 nitrogen and oxygen atoms in total. The van der Waals surface area contributed by atoms with E-state index < -0.39 is 18.5 Å². The van der Waals surface area contributed by atoms with Crippen molar-refractivity contribution in [1.82, 2.24) is 5.32 Å². The maximum atomic E-state index is 12.0. The smallest absolute Gasteiger partial charge is 0.338 e. The molecule has 8 heteroatoms. The van der Waals surface area contributed by atoms with Gasteiger partial charge < -0.3 is 30.0 Å². The maximum Gasteiger partial charge on any atom is 0.338 e. The Morgan fingerprint density at radius 3 is 2.18 bits per heavy atom. The van der Waals surface area contributed by atoms with E-state index in [1.165, 1.54) is 27.4 Å². The van der Waals surface area contributed by atoms with Crippen molar-refractivity contribution in [3.8, 4) is 17.2 Å². The predicted octanol–water partition coefficient (Wildman–Crippen LogP) is 2.08. The summed E-state index contributed by atoms with van der Waals surface area (Å²) >= 11 is 0. The molecule has 0 radical (unpaired) electrons. The number of amides is 1. The molecule has 0 heterocycles. The summed E-state index contributed by atoms with van der Waals surface area (Å²) in [6.45, 7) is 1.63. The van der Waals surface area contributed by atoms with Crippen LogP contribution in [-0.4, -0.2) is 39.8 Å². The van der Waals surface area contributed by atoms with Crippen LogP contribution in [0.5, 0.6) is 17.2 Å². The number of rotatable bonds is 8. The number of nitrogen functional groups attached to an aromatic ring is 1. The molecule has 28 heavy (non-hydrogen) atoms. The minimum atomic E-state index is -0.616. The van der Waals surface area contributed by atoms with Gasteiger partial charge in [-0.3, -0.25) is 4.79 Å². The van der Waals surface area contributed by atoms with Crippen LogP contribution in [0, 0.1) is 6.92 Å². The Labute approximate surface area is 163 Å². The van der Waals surface area contributed by atoms with E-state index in [9.17, 15) is 9.59 Å². The quantitative estimate of drug-likeness (QED) is 0.526. The first-order chi connectivity index (χ1) is 13.4. The van der Waals surface area contributed by atoms with Crippen LogP contribution in [0.1, 0.15) is 21.5 Å². The molecule has 0 fully saturated rings. The Kier molecular flexibility index (Phi) is 7.08. The van der Waals surface area contributed by atoms with Gasteiger partial charge in [-0.05, 0) is 42.3 Å². The summed E-state index contributed by atoms with van der Waals surface area (Å²) in [6, 6.07) is 8.29. The lowest BCUT2D eigenvalue weighted by Gasteiger charge is -2.14. The number of nitrogens with one attached hydrogen (secondary N) is 1. The summed E-state index contributed by atoms with van der Waals surface area (Å²) < 4.78 is 20.8. The van der Waals surface area contributed by atoms with E-state index in [1.54, 1.807) is 24.3 Å². The molecule has 3 N–H and O–H groups in total. The average molecular weight is 388 g/mol. The number of esters is 1. The summed E-state index contributed by atoms with van der Waals surface area (Å²) in [5, 5.41) is 2.67. The lowest BCUT2D eigenvalue weighted by molar-refractivity contribution is -0.124. The van der Waals surface area contributed by atoms with Crippen molar-refractivity contribution in [2.45, 2.75) is 13.5 Å². The Hall–Kier alpha value is -3.42. The van der Waals surface area contributed by atoms with Gasteiger partial charge in [-0.25, -0.2) is 4.79 Å². The molecule has 0 unspecified atom stereocenters. The fraction of sp³-hybridized carbons (Fsp3) is 0.300. The zero-order valence-electron chi connectivity index (χ0n) is 16.3. The van der Waals surface area contributed by atoms with E-state index in [-0.39, 0.29) is 6.54 Å². The molecule has 0 aliphatic carbocycles. The number of anilines is 1. The third kappa shape index (κ3) is 5.06. The molecule has 2 rings (SSSR count). The van der Waals surface area contributed by atoms with E-state index in [0.29, 0.717) is 28.5 Å². The summed E-state index contributed by atoms with van der Waals surface area (Å²) in [5.74, 6) is 0.368. The molecule has 0 bridgehead atoms. The maximum absolute atomic E-state index is 12.0. The highest BCUT2D eigenvalue weighted by molar-refractivity contribution is 5.92. The third-order valence-corrected chi connectivity index (χ3v) is 4.06. The highest BCUT2D eigenvalue weighted by Crippen LogP contribution is 2.38. The predicted molar refractivity (Wildman–Crippen MR) is 104 cm³/mol. The van der Waals surface area contributed by atoms with Crippen molar-refractivity contribution >= 4 is 17.6 Å². The first kappa shape index (κ1) is 20.9. The van der Waals surface area contributed by atoms with E-state index >= 15 is 0 Å². The van der Waals surface area contributed by atoms with E-state index in [4.69, 9.17) is 24.7 Å². The van der Waals surface area contributed by atoms with E-state index in [2.05, 4.69) is 5.32 Å². The zero-order chi connectivity index (χ0) is 20.7. The van der Waals surface area contributed by atoms with Crippen molar-refractivity contribution in [1.29, 1.82) is 0 Å². The summed E-state index contributed by atoms with van der Waals surface area (Å²) in [7, 11) is 4.53. The van der Waals surface area contributed by atoms with Gasteiger partial charge in [-0.1, -0.05) is 6.07 Å². The number of methoxy groups -OCH3 is 3. The Morgan fingerprint density at radius 1 is 1.00 bits per heavy atom. The van der Waals surface area contributed by atoms with Gasteiger partial charge in [0.05, 0.1) is 26.9 Å². The van der Waals surface area contributed by atoms with Crippen molar-refractivity contribution < 1.29 is 28.5 Å². The van der Waals surface area contributed by atoms with Crippen LogP contribution in [-0.2, 0) is 16.1 Å².